The molecule has 0 aromatic carbocycles. The van der Waals surface area contributed by atoms with Crippen LogP contribution in [0.1, 0.15) is 25.7 Å². The first-order valence-electron chi connectivity index (χ1n) is 6.53. The second-order valence-electron chi connectivity index (χ2n) is 5.65. The number of hydrogen-bond acceptors (Lipinski definition) is 2. The van der Waals surface area contributed by atoms with Gasteiger partial charge in [-0.25, -0.2) is 0 Å². The molecule has 0 spiro atoms. The first kappa shape index (κ1) is 10.3. The molecule has 0 heterocycles. The molecule has 0 unspecified atom stereocenters. The van der Waals surface area contributed by atoms with E-state index in [0.717, 1.165) is 36.8 Å². The summed E-state index contributed by atoms with van der Waals surface area (Å²) >= 11 is 0. The van der Waals surface area contributed by atoms with Crippen LogP contribution in [0.15, 0.2) is 46.1 Å². The van der Waals surface area contributed by atoms with Crippen LogP contribution in [0, 0.1) is 0 Å². The average molecular weight is 241 g/mol. The maximum Gasteiger partial charge on any atom is 0.252 e. The van der Waals surface area contributed by atoms with Crippen LogP contribution in [0.3, 0.4) is 0 Å². The summed E-state index contributed by atoms with van der Waals surface area (Å²) in [5, 5.41) is 12.4. The zero-order valence-corrected chi connectivity index (χ0v) is 10.1. The van der Waals surface area contributed by atoms with Gasteiger partial charge in [-0.05, 0) is 60.1 Å². The third kappa shape index (κ3) is 1.25. The Hall–Kier alpha value is -1.61. The number of allylic oxidation sites excluding steroid dienone is 6. The number of aliphatic hydroxyl groups is 1. The zero-order valence-electron chi connectivity index (χ0n) is 10.1. The summed E-state index contributed by atoms with van der Waals surface area (Å²) in [6, 6.07) is 0. The minimum atomic E-state index is -0.358. The Morgan fingerprint density at radius 1 is 1.33 bits per heavy atom. The summed E-state index contributed by atoms with van der Waals surface area (Å²) in [6.45, 7) is 0.0418. The van der Waals surface area contributed by atoms with Crippen LogP contribution >= 0.6 is 0 Å². The SMILES string of the molecule is O=C(NC1(CO)CCC1)C1=C2C=C3CC3=C2C=C1. The van der Waals surface area contributed by atoms with Crippen LogP contribution in [0.25, 0.3) is 0 Å². The van der Waals surface area contributed by atoms with Crippen molar-refractivity contribution in [2.45, 2.75) is 31.2 Å². The average Bonchev–Trinajstić information content (AvgIpc) is 2.81. The lowest BCUT2D eigenvalue weighted by atomic mass is 9.77. The predicted molar refractivity (Wildman–Crippen MR) is 67.7 cm³/mol. The van der Waals surface area contributed by atoms with Gasteiger partial charge in [-0.2, -0.15) is 0 Å². The second-order valence-corrected chi connectivity index (χ2v) is 5.65. The van der Waals surface area contributed by atoms with Crippen LogP contribution in [0.4, 0.5) is 0 Å². The van der Waals surface area contributed by atoms with E-state index in [2.05, 4.69) is 11.4 Å². The van der Waals surface area contributed by atoms with Gasteiger partial charge in [0.2, 0.25) is 0 Å². The fourth-order valence-electron chi connectivity index (χ4n) is 3.07. The quantitative estimate of drug-likeness (QED) is 0.787. The van der Waals surface area contributed by atoms with Crippen molar-refractivity contribution in [3.63, 3.8) is 0 Å². The number of fused-ring (bicyclic) bond motifs is 2. The standard InChI is InChI=1S/C15H15NO2/c17-8-15(4-1-5-15)16-14(18)11-3-2-10-12-6-9(12)7-13(10)11/h2-3,7,17H,1,4-6,8H2,(H,16,18). The van der Waals surface area contributed by atoms with Crippen molar-refractivity contribution in [1.29, 1.82) is 0 Å². The lowest BCUT2D eigenvalue weighted by Gasteiger charge is -2.41. The molecule has 4 aliphatic rings. The van der Waals surface area contributed by atoms with Crippen molar-refractivity contribution in [3.8, 4) is 0 Å². The normalized spacial score (nSPS) is 25.7. The molecule has 0 aromatic heterocycles. The minimum Gasteiger partial charge on any atom is -0.394 e. The molecule has 1 amide bonds. The minimum absolute atomic E-state index is 0.0382. The molecule has 0 aromatic rings. The van der Waals surface area contributed by atoms with Crippen LogP contribution in [-0.4, -0.2) is 23.2 Å². The van der Waals surface area contributed by atoms with Crippen LogP contribution in [0.5, 0.6) is 0 Å². The Morgan fingerprint density at radius 3 is 2.83 bits per heavy atom. The van der Waals surface area contributed by atoms with E-state index < -0.39 is 0 Å². The molecule has 0 radical (unpaired) electrons. The Kier molecular flexibility index (Phi) is 1.86. The van der Waals surface area contributed by atoms with Gasteiger partial charge in [0.05, 0.1) is 12.1 Å². The number of carbonyl (C=O) groups excluding carboxylic acids is 1. The molecule has 4 aliphatic carbocycles. The van der Waals surface area contributed by atoms with Gasteiger partial charge in [-0.1, -0.05) is 6.08 Å². The number of rotatable bonds is 3. The molecular formula is C15H15NO2. The predicted octanol–water partition coefficient (Wildman–Crippen LogP) is 1.52. The van der Waals surface area contributed by atoms with Crippen molar-refractivity contribution in [1.82, 2.24) is 5.32 Å². The van der Waals surface area contributed by atoms with Crippen LogP contribution in [0.2, 0.25) is 0 Å². The van der Waals surface area contributed by atoms with Crippen LogP contribution < -0.4 is 5.32 Å². The third-order valence-electron chi connectivity index (χ3n) is 4.51. The molecule has 0 saturated heterocycles. The fraction of sp³-hybridized carbons (Fsp3) is 0.400. The van der Waals surface area contributed by atoms with Gasteiger partial charge in [0.15, 0.2) is 0 Å². The summed E-state index contributed by atoms with van der Waals surface area (Å²) in [5.74, 6) is -0.0382. The lowest BCUT2D eigenvalue weighted by molar-refractivity contribution is -0.121. The van der Waals surface area contributed by atoms with Crippen LogP contribution in [-0.2, 0) is 4.79 Å². The number of amides is 1. The molecule has 0 aliphatic heterocycles. The molecule has 2 fully saturated rings. The highest BCUT2D eigenvalue weighted by molar-refractivity contribution is 6.02. The third-order valence-corrected chi connectivity index (χ3v) is 4.51. The van der Waals surface area contributed by atoms with Gasteiger partial charge in [0, 0.05) is 5.57 Å². The van der Waals surface area contributed by atoms with E-state index in [1.165, 1.54) is 16.7 Å². The number of aliphatic hydroxyl groups excluding tert-OH is 1. The van der Waals surface area contributed by atoms with E-state index >= 15 is 0 Å². The number of hydrogen-bond donors (Lipinski definition) is 2. The van der Waals surface area contributed by atoms with Gasteiger partial charge in [-0.3, -0.25) is 4.79 Å². The zero-order chi connectivity index (χ0) is 12.3. The number of carbonyl (C=O) groups is 1. The maximum atomic E-state index is 12.3. The summed E-state index contributed by atoms with van der Waals surface area (Å²) in [7, 11) is 0. The van der Waals surface area contributed by atoms with E-state index in [1.54, 1.807) is 0 Å². The fourth-order valence-corrected chi connectivity index (χ4v) is 3.07. The summed E-state index contributed by atoms with van der Waals surface area (Å²) in [5.41, 5.74) is 5.51. The van der Waals surface area contributed by atoms with Crippen molar-refractivity contribution in [2.75, 3.05) is 6.61 Å². The molecule has 0 bridgehead atoms. The monoisotopic (exact) mass is 241 g/mol. The lowest BCUT2D eigenvalue weighted by Crippen LogP contribution is -2.56. The van der Waals surface area contributed by atoms with E-state index in [0.29, 0.717) is 0 Å². The van der Waals surface area contributed by atoms with Gasteiger partial charge in [-0.15, -0.1) is 0 Å². The van der Waals surface area contributed by atoms with E-state index in [4.69, 9.17) is 0 Å². The van der Waals surface area contributed by atoms with Crippen molar-refractivity contribution in [2.24, 2.45) is 0 Å². The molecular weight excluding hydrogens is 226 g/mol. The van der Waals surface area contributed by atoms with Crippen molar-refractivity contribution < 1.29 is 9.90 Å². The molecule has 4 rings (SSSR count). The molecule has 3 nitrogen and oxygen atoms in total. The Labute approximate surface area is 106 Å². The van der Waals surface area contributed by atoms with Gasteiger partial charge < -0.3 is 10.4 Å². The summed E-state index contributed by atoms with van der Waals surface area (Å²) in [6.07, 6.45) is 10.0. The number of nitrogens with one attached hydrogen (secondary N) is 1. The Balaban J connectivity index is 1.60. The van der Waals surface area contributed by atoms with E-state index in [-0.39, 0.29) is 18.1 Å². The Morgan fingerprint density at radius 2 is 2.17 bits per heavy atom. The Bertz CT molecular complexity index is 580. The van der Waals surface area contributed by atoms with E-state index in [9.17, 15) is 9.90 Å². The van der Waals surface area contributed by atoms with Crippen molar-refractivity contribution >= 4 is 5.91 Å². The highest BCUT2D eigenvalue weighted by Gasteiger charge is 2.40. The maximum absolute atomic E-state index is 12.3. The largest absolute Gasteiger partial charge is 0.394 e. The van der Waals surface area contributed by atoms with Crippen molar-refractivity contribution in [3.05, 3.63) is 46.1 Å². The molecule has 92 valence electrons. The first-order valence-corrected chi connectivity index (χ1v) is 6.53. The smallest absolute Gasteiger partial charge is 0.252 e. The van der Waals surface area contributed by atoms with E-state index in [1.807, 2.05) is 12.2 Å². The topological polar surface area (TPSA) is 49.3 Å². The van der Waals surface area contributed by atoms with Gasteiger partial charge in [0.1, 0.15) is 0 Å². The first-order chi connectivity index (χ1) is 8.72. The molecule has 2 N–H and O–H groups in total. The molecule has 0 atom stereocenters. The molecule has 18 heavy (non-hydrogen) atoms. The summed E-state index contributed by atoms with van der Waals surface area (Å²) in [4.78, 5) is 12.3. The second kappa shape index (κ2) is 3.23. The van der Waals surface area contributed by atoms with Gasteiger partial charge >= 0.3 is 0 Å². The molecule has 2 saturated carbocycles. The highest BCUT2D eigenvalue weighted by atomic mass is 16.3. The highest BCUT2D eigenvalue weighted by Crippen LogP contribution is 2.51. The molecule has 3 heteroatoms. The van der Waals surface area contributed by atoms with Gasteiger partial charge in [0.25, 0.3) is 5.91 Å². The summed E-state index contributed by atoms with van der Waals surface area (Å²) < 4.78 is 0.